The Balaban J connectivity index is 2.08. The minimum absolute atomic E-state index is 0.231. The van der Waals surface area contributed by atoms with Crippen LogP contribution in [0.15, 0.2) is 29.2 Å². The molecule has 2 nitrogen and oxygen atoms in total. The molecular weight excluding hydrogens is 266 g/mol. The van der Waals surface area contributed by atoms with Crippen LogP contribution in [-0.4, -0.2) is 22.0 Å². The zero-order valence-corrected chi connectivity index (χ0v) is 12.3. The Morgan fingerprint density at radius 1 is 1.44 bits per heavy atom. The van der Waals surface area contributed by atoms with Crippen molar-refractivity contribution in [2.24, 2.45) is 0 Å². The molecule has 0 aliphatic heterocycles. The van der Waals surface area contributed by atoms with Crippen molar-refractivity contribution >= 4 is 22.4 Å². The third kappa shape index (κ3) is 3.34. The topological polar surface area (TPSA) is 29.1 Å². The molecule has 1 aliphatic carbocycles. The molecule has 0 bridgehead atoms. The predicted octanol–water partition coefficient (Wildman–Crippen LogP) is 3.37. The van der Waals surface area contributed by atoms with Gasteiger partial charge < -0.3 is 5.32 Å². The molecule has 100 valence electrons. The summed E-state index contributed by atoms with van der Waals surface area (Å²) in [7, 11) is -0.949. The fourth-order valence-corrected chi connectivity index (χ4v) is 4.48. The van der Waals surface area contributed by atoms with E-state index in [9.17, 15) is 4.21 Å². The molecule has 3 unspecified atom stereocenters. The van der Waals surface area contributed by atoms with E-state index in [2.05, 4.69) is 12.2 Å². The van der Waals surface area contributed by atoms with Gasteiger partial charge in [0.05, 0.1) is 16.0 Å². The second-order valence-corrected chi connectivity index (χ2v) is 6.89. The molecule has 0 heterocycles. The largest absolute Gasteiger partial charge is 0.313 e. The molecule has 18 heavy (non-hydrogen) atoms. The van der Waals surface area contributed by atoms with Crippen LogP contribution in [0.25, 0.3) is 0 Å². The van der Waals surface area contributed by atoms with Crippen molar-refractivity contribution in [2.75, 3.05) is 6.54 Å². The highest BCUT2D eigenvalue weighted by Gasteiger charge is 2.32. The lowest BCUT2D eigenvalue weighted by molar-refractivity contribution is 0.523. The molecule has 0 radical (unpaired) electrons. The Morgan fingerprint density at radius 2 is 2.28 bits per heavy atom. The van der Waals surface area contributed by atoms with Crippen molar-refractivity contribution in [2.45, 2.75) is 48.8 Å². The summed E-state index contributed by atoms with van der Waals surface area (Å²) in [5.41, 5.74) is 0. The number of hydrogen-bond acceptors (Lipinski definition) is 2. The summed E-state index contributed by atoms with van der Waals surface area (Å²) in [6, 6.07) is 7.83. The monoisotopic (exact) mass is 285 g/mol. The summed E-state index contributed by atoms with van der Waals surface area (Å²) < 4.78 is 12.6. The molecule has 0 saturated heterocycles. The highest BCUT2D eigenvalue weighted by atomic mass is 35.5. The Bertz CT molecular complexity index is 424. The van der Waals surface area contributed by atoms with Crippen LogP contribution in [0.1, 0.15) is 32.6 Å². The van der Waals surface area contributed by atoms with Crippen molar-refractivity contribution in [3.8, 4) is 0 Å². The molecule has 4 heteroatoms. The average Bonchev–Trinajstić information content (AvgIpc) is 2.83. The van der Waals surface area contributed by atoms with Crippen molar-refractivity contribution in [3.63, 3.8) is 0 Å². The second-order valence-electron chi connectivity index (χ2n) is 4.78. The van der Waals surface area contributed by atoms with Gasteiger partial charge in [-0.15, -0.1) is 0 Å². The lowest BCUT2D eigenvalue weighted by Gasteiger charge is -2.20. The first-order valence-electron chi connectivity index (χ1n) is 6.62. The number of hydrogen-bond donors (Lipinski definition) is 1. The first-order chi connectivity index (χ1) is 8.72. The van der Waals surface area contributed by atoms with Crippen molar-refractivity contribution in [1.29, 1.82) is 0 Å². The Morgan fingerprint density at radius 3 is 3.00 bits per heavy atom. The van der Waals surface area contributed by atoms with Crippen LogP contribution < -0.4 is 5.32 Å². The van der Waals surface area contributed by atoms with E-state index in [0.717, 1.165) is 30.7 Å². The zero-order valence-electron chi connectivity index (χ0n) is 10.7. The molecule has 2 rings (SSSR count). The number of nitrogens with one attached hydrogen (secondary N) is 1. The first kappa shape index (κ1) is 14.0. The van der Waals surface area contributed by atoms with E-state index < -0.39 is 10.8 Å². The van der Waals surface area contributed by atoms with Crippen LogP contribution in [0.5, 0.6) is 0 Å². The standard InChI is InChI=1S/C14H20ClNOS/c1-2-9-16-13-7-4-8-14(13)18(17)12-6-3-5-11(15)10-12/h3,5-6,10,13-14,16H,2,4,7-9H2,1H3. The molecule has 0 amide bonds. The normalized spacial score (nSPS) is 25.2. The van der Waals surface area contributed by atoms with Gasteiger partial charge in [0.1, 0.15) is 0 Å². The molecule has 1 N–H and O–H groups in total. The number of benzene rings is 1. The summed E-state index contributed by atoms with van der Waals surface area (Å²) in [6.45, 7) is 3.17. The molecular formula is C14H20ClNOS. The van der Waals surface area contributed by atoms with Crippen molar-refractivity contribution in [3.05, 3.63) is 29.3 Å². The van der Waals surface area contributed by atoms with Crippen LogP contribution >= 0.6 is 11.6 Å². The minimum atomic E-state index is -0.949. The summed E-state index contributed by atoms with van der Waals surface area (Å²) in [5, 5.41) is 4.42. The molecule has 1 aromatic carbocycles. The lowest BCUT2D eigenvalue weighted by atomic mass is 10.2. The van der Waals surface area contributed by atoms with E-state index in [1.165, 1.54) is 6.42 Å². The van der Waals surface area contributed by atoms with Crippen molar-refractivity contribution in [1.82, 2.24) is 5.32 Å². The van der Waals surface area contributed by atoms with E-state index in [-0.39, 0.29) is 5.25 Å². The van der Waals surface area contributed by atoms with Crippen LogP contribution in [0, 0.1) is 0 Å². The SMILES string of the molecule is CCCNC1CCCC1S(=O)c1cccc(Cl)c1. The Kier molecular flexibility index (Phi) is 5.22. The highest BCUT2D eigenvalue weighted by Crippen LogP contribution is 2.28. The maximum absolute atomic E-state index is 12.6. The third-order valence-corrected chi connectivity index (χ3v) is 5.48. The van der Waals surface area contributed by atoms with Crippen LogP contribution in [0.3, 0.4) is 0 Å². The fraction of sp³-hybridized carbons (Fsp3) is 0.571. The van der Waals surface area contributed by atoms with Gasteiger partial charge in [0.2, 0.25) is 0 Å². The smallest absolute Gasteiger partial charge is 0.0577 e. The van der Waals surface area contributed by atoms with Gasteiger partial charge in [-0.25, -0.2) is 0 Å². The average molecular weight is 286 g/mol. The summed E-state index contributed by atoms with van der Waals surface area (Å²) in [5.74, 6) is 0. The molecule has 1 aromatic rings. The third-order valence-electron chi connectivity index (χ3n) is 3.41. The van der Waals surface area contributed by atoms with Gasteiger partial charge in [-0.1, -0.05) is 31.0 Å². The van der Waals surface area contributed by atoms with Crippen LogP contribution in [-0.2, 0) is 10.8 Å². The molecule has 1 aliphatic rings. The Labute approximate surface area is 117 Å². The maximum Gasteiger partial charge on any atom is 0.0577 e. The zero-order chi connectivity index (χ0) is 13.0. The van der Waals surface area contributed by atoms with E-state index in [1.807, 2.05) is 24.3 Å². The van der Waals surface area contributed by atoms with Gasteiger partial charge in [-0.05, 0) is 44.0 Å². The van der Waals surface area contributed by atoms with E-state index in [0.29, 0.717) is 11.1 Å². The van der Waals surface area contributed by atoms with Gasteiger partial charge >= 0.3 is 0 Å². The van der Waals surface area contributed by atoms with Crippen molar-refractivity contribution < 1.29 is 4.21 Å². The molecule has 1 saturated carbocycles. The number of halogens is 1. The van der Waals surface area contributed by atoms with E-state index >= 15 is 0 Å². The fourth-order valence-electron chi connectivity index (χ4n) is 2.51. The first-order valence-corrected chi connectivity index (χ1v) is 8.21. The van der Waals surface area contributed by atoms with Crippen LogP contribution in [0.4, 0.5) is 0 Å². The molecule has 0 aromatic heterocycles. The van der Waals surface area contributed by atoms with E-state index in [1.54, 1.807) is 0 Å². The minimum Gasteiger partial charge on any atom is -0.313 e. The predicted molar refractivity (Wildman–Crippen MR) is 77.6 cm³/mol. The molecule has 3 atom stereocenters. The number of rotatable bonds is 5. The van der Waals surface area contributed by atoms with E-state index in [4.69, 9.17) is 11.6 Å². The van der Waals surface area contributed by atoms with Gasteiger partial charge in [-0.3, -0.25) is 4.21 Å². The van der Waals surface area contributed by atoms with Gasteiger partial charge in [0, 0.05) is 16.0 Å². The lowest BCUT2D eigenvalue weighted by Crippen LogP contribution is -2.38. The second kappa shape index (κ2) is 6.69. The summed E-state index contributed by atoms with van der Waals surface area (Å²) in [6.07, 6.45) is 4.46. The van der Waals surface area contributed by atoms with Gasteiger partial charge in [0.15, 0.2) is 0 Å². The molecule has 0 spiro atoms. The Hall–Kier alpha value is -0.380. The maximum atomic E-state index is 12.6. The van der Waals surface area contributed by atoms with Gasteiger partial charge in [0.25, 0.3) is 0 Å². The quantitative estimate of drug-likeness (QED) is 0.899. The van der Waals surface area contributed by atoms with Crippen LogP contribution in [0.2, 0.25) is 5.02 Å². The summed E-state index contributed by atoms with van der Waals surface area (Å²) >= 11 is 5.97. The molecule has 1 fully saturated rings. The summed E-state index contributed by atoms with van der Waals surface area (Å²) in [4.78, 5) is 0.859. The van der Waals surface area contributed by atoms with Gasteiger partial charge in [-0.2, -0.15) is 0 Å². The highest BCUT2D eigenvalue weighted by molar-refractivity contribution is 7.85.